The summed E-state index contributed by atoms with van der Waals surface area (Å²) in [5.41, 5.74) is 2.37. The molecule has 0 spiro atoms. The summed E-state index contributed by atoms with van der Waals surface area (Å²) in [6.07, 6.45) is 0. The van der Waals surface area contributed by atoms with Crippen molar-refractivity contribution in [2.24, 2.45) is 0 Å². The third kappa shape index (κ3) is 2.20. The average Bonchev–Trinajstić information content (AvgIpc) is 1.96. The van der Waals surface area contributed by atoms with Gasteiger partial charge >= 0.3 is 0 Å². The van der Waals surface area contributed by atoms with Crippen molar-refractivity contribution in [2.45, 2.75) is 12.3 Å². The Morgan fingerprint density at radius 2 is 2.09 bits per heavy atom. The van der Waals surface area contributed by atoms with Crippen molar-refractivity contribution in [2.75, 3.05) is 0 Å². The van der Waals surface area contributed by atoms with Gasteiger partial charge in [-0.1, -0.05) is 43.5 Å². The zero-order valence-corrected chi connectivity index (χ0v) is 9.92. The molecule has 0 saturated heterocycles. The van der Waals surface area contributed by atoms with Crippen LogP contribution in [0.3, 0.4) is 0 Å². The highest BCUT2D eigenvalue weighted by Gasteiger charge is 2.02. The molecule has 0 radical (unpaired) electrons. The van der Waals surface area contributed by atoms with Gasteiger partial charge in [0.2, 0.25) is 0 Å². The van der Waals surface area contributed by atoms with Crippen LogP contribution in [-0.4, -0.2) is 0 Å². The van der Waals surface area contributed by atoms with Crippen LogP contribution in [0.25, 0.3) is 0 Å². The summed E-state index contributed by atoms with van der Waals surface area (Å²) < 4.78 is 1.03. The maximum Gasteiger partial charge on any atom is 0.0449 e. The Bertz CT molecular complexity index is 271. The Labute approximate surface area is 88.2 Å². The van der Waals surface area contributed by atoms with E-state index in [1.165, 1.54) is 5.56 Å². The van der Waals surface area contributed by atoms with Crippen LogP contribution >= 0.6 is 43.5 Å². The first kappa shape index (κ1) is 9.56. The van der Waals surface area contributed by atoms with Gasteiger partial charge in [0.15, 0.2) is 0 Å². The lowest BCUT2D eigenvalue weighted by molar-refractivity contribution is 1.31. The number of alkyl halides is 1. The van der Waals surface area contributed by atoms with Crippen molar-refractivity contribution in [3.63, 3.8) is 0 Å². The van der Waals surface area contributed by atoms with Gasteiger partial charge in [-0.3, -0.25) is 0 Å². The molecule has 0 aromatic heterocycles. The molecule has 0 heterocycles. The summed E-state index contributed by atoms with van der Waals surface area (Å²) in [6.45, 7) is 2.02. The number of rotatable bonds is 1. The monoisotopic (exact) mass is 296 g/mol. The smallest absolute Gasteiger partial charge is 0.0449 e. The lowest BCUT2D eigenvalue weighted by atomic mass is 10.1. The Kier molecular flexibility index (Phi) is 3.41. The van der Waals surface area contributed by atoms with Crippen molar-refractivity contribution in [1.82, 2.24) is 0 Å². The molecule has 0 aliphatic heterocycles. The zero-order chi connectivity index (χ0) is 8.43. The molecule has 0 atom stereocenters. The summed E-state index contributed by atoms with van der Waals surface area (Å²) in [6, 6.07) is 3.97. The third-order valence-electron chi connectivity index (χ3n) is 1.56. The lowest BCUT2D eigenvalue weighted by Gasteiger charge is -2.04. The predicted molar refractivity (Wildman–Crippen MR) is 56.5 cm³/mol. The highest BCUT2D eigenvalue weighted by molar-refractivity contribution is 9.10. The minimum Gasteiger partial charge on any atom is -0.0876 e. The molecule has 0 amide bonds. The van der Waals surface area contributed by atoms with Gasteiger partial charge in [-0.2, -0.15) is 0 Å². The summed E-state index contributed by atoms with van der Waals surface area (Å²) in [5.74, 6) is 0. The van der Waals surface area contributed by atoms with E-state index in [1.807, 2.05) is 13.0 Å². The van der Waals surface area contributed by atoms with E-state index in [0.717, 1.165) is 20.4 Å². The number of benzene rings is 1. The largest absolute Gasteiger partial charge is 0.0876 e. The van der Waals surface area contributed by atoms with Gasteiger partial charge in [0.25, 0.3) is 0 Å². The molecule has 1 aromatic rings. The van der Waals surface area contributed by atoms with E-state index in [1.54, 1.807) is 0 Å². The first-order chi connectivity index (χ1) is 5.15. The maximum atomic E-state index is 5.95. The molecule has 3 heteroatoms. The molecule has 11 heavy (non-hydrogen) atoms. The standard InChI is InChI=1S/C8H7Br2Cl/c1-5-6(4-9)2-7(10)3-8(5)11/h2-3H,4H2,1H3. The minimum atomic E-state index is 0.814. The van der Waals surface area contributed by atoms with Crippen LogP contribution in [0, 0.1) is 6.92 Å². The van der Waals surface area contributed by atoms with E-state index in [2.05, 4.69) is 37.9 Å². The van der Waals surface area contributed by atoms with E-state index in [9.17, 15) is 0 Å². The van der Waals surface area contributed by atoms with Crippen molar-refractivity contribution in [1.29, 1.82) is 0 Å². The molecule has 0 aliphatic carbocycles. The number of halogens is 3. The second-order valence-corrected chi connectivity index (χ2v) is 4.19. The molecule has 0 unspecified atom stereocenters. The van der Waals surface area contributed by atoms with Crippen LogP contribution in [0.1, 0.15) is 11.1 Å². The second kappa shape index (κ2) is 3.92. The van der Waals surface area contributed by atoms with Crippen molar-refractivity contribution < 1.29 is 0 Å². The Balaban J connectivity index is 3.24. The van der Waals surface area contributed by atoms with Crippen LogP contribution in [0.2, 0.25) is 5.02 Å². The fourth-order valence-corrected chi connectivity index (χ4v) is 2.30. The molecular formula is C8H7Br2Cl. The molecule has 60 valence electrons. The van der Waals surface area contributed by atoms with Gasteiger partial charge in [0.1, 0.15) is 0 Å². The summed E-state index contributed by atoms with van der Waals surface area (Å²) >= 11 is 12.7. The zero-order valence-electron chi connectivity index (χ0n) is 6.00. The van der Waals surface area contributed by atoms with Crippen molar-refractivity contribution >= 4 is 43.5 Å². The van der Waals surface area contributed by atoms with Gasteiger partial charge < -0.3 is 0 Å². The molecule has 1 rings (SSSR count). The SMILES string of the molecule is Cc1c(Cl)cc(Br)cc1CBr. The molecule has 1 aromatic carbocycles. The molecule has 0 saturated carbocycles. The summed E-state index contributed by atoms with van der Waals surface area (Å²) in [5, 5.41) is 1.66. The van der Waals surface area contributed by atoms with Gasteiger partial charge in [-0.25, -0.2) is 0 Å². The van der Waals surface area contributed by atoms with Crippen LogP contribution in [0.5, 0.6) is 0 Å². The second-order valence-electron chi connectivity index (χ2n) is 2.31. The predicted octanol–water partition coefficient (Wildman–Crippen LogP) is 4.31. The van der Waals surface area contributed by atoms with E-state index in [-0.39, 0.29) is 0 Å². The molecule has 0 nitrogen and oxygen atoms in total. The van der Waals surface area contributed by atoms with Gasteiger partial charge in [-0.05, 0) is 30.2 Å². The van der Waals surface area contributed by atoms with Gasteiger partial charge in [0, 0.05) is 14.8 Å². The van der Waals surface area contributed by atoms with Gasteiger partial charge in [0.05, 0.1) is 0 Å². The average molecular weight is 298 g/mol. The first-order valence-electron chi connectivity index (χ1n) is 3.15. The fourth-order valence-electron chi connectivity index (χ4n) is 0.838. The fraction of sp³-hybridized carbons (Fsp3) is 0.250. The Hall–Kier alpha value is 0.470. The molecule has 0 fully saturated rings. The molecule has 0 N–H and O–H groups in total. The highest BCUT2D eigenvalue weighted by Crippen LogP contribution is 2.26. The highest BCUT2D eigenvalue weighted by atomic mass is 79.9. The molecule has 0 aliphatic rings. The third-order valence-corrected chi connectivity index (χ3v) is 3.02. The van der Waals surface area contributed by atoms with Crippen LogP contribution < -0.4 is 0 Å². The Morgan fingerprint density at radius 1 is 1.45 bits per heavy atom. The minimum absolute atomic E-state index is 0.814. The van der Waals surface area contributed by atoms with Crippen molar-refractivity contribution in [3.05, 3.63) is 32.8 Å². The van der Waals surface area contributed by atoms with E-state index >= 15 is 0 Å². The quantitative estimate of drug-likeness (QED) is 0.678. The topological polar surface area (TPSA) is 0 Å². The number of hydrogen-bond donors (Lipinski definition) is 0. The van der Waals surface area contributed by atoms with Crippen LogP contribution in [0.15, 0.2) is 16.6 Å². The Morgan fingerprint density at radius 3 is 2.64 bits per heavy atom. The summed E-state index contributed by atoms with van der Waals surface area (Å²) in [4.78, 5) is 0. The summed E-state index contributed by atoms with van der Waals surface area (Å²) in [7, 11) is 0. The normalized spacial score (nSPS) is 10.2. The lowest BCUT2D eigenvalue weighted by Crippen LogP contribution is -1.85. The van der Waals surface area contributed by atoms with Crippen LogP contribution in [-0.2, 0) is 5.33 Å². The van der Waals surface area contributed by atoms with Crippen molar-refractivity contribution in [3.8, 4) is 0 Å². The molecular weight excluding hydrogens is 291 g/mol. The molecule has 0 bridgehead atoms. The first-order valence-corrected chi connectivity index (χ1v) is 5.45. The van der Waals surface area contributed by atoms with E-state index in [4.69, 9.17) is 11.6 Å². The maximum absolute atomic E-state index is 5.95. The van der Waals surface area contributed by atoms with Gasteiger partial charge in [-0.15, -0.1) is 0 Å². The van der Waals surface area contributed by atoms with Crippen LogP contribution in [0.4, 0.5) is 0 Å². The van der Waals surface area contributed by atoms with E-state index in [0.29, 0.717) is 0 Å². The number of hydrogen-bond acceptors (Lipinski definition) is 0. The van der Waals surface area contributed by atoms with E-state index < -0.39 is 0 Å².